The quantitative estimate of drug-likeness (QED) is 0.643. The first kappa shape index (κ1) is 11.6. The minimum Gasteiger partial charge on any atom is -0.444 e. The lowest BCUT2D eigenvalue weighted by Crippen LogP contribution is -2.36. The summed E-state index contributed by atoms with van der Waals surface area (Å²) in [6.45, 7) is 4.82. The topological polar surface area (TPSA) is 29.5 Å². The van der Waals surface area contributed by atoms with Crippen LogP contribution < -0.4 is 0 Å². The first-order chi connectivity index (χ1) is 7.15. The predicted molar refractivity (Wildman–Crippen MR) is 54.4 cm³/mol. The fourth-order valence-electron chi connectivity index (χ4n) is 2.07. The molecule has 3 nitrogen and oxygen atoms in total. The lowest BCUT2D eigenvalue weighted by atomic mass is 10.0. The van der Waals surface area contributed by atoms with E-state index in [2.05, 4.69) is 0 Å². The van der Waals surface area contributed by atoms with Crippen LogP contribution in [-0.4, -0.2) is 35.6 Å². The van der Waals surface area contributed by atoms with E-state index in [1.54, 1.807) is 20.8 Å². The highest BCUT2D eigenvalue weighted by Gasteiger charge is 2.68. The van der Waals surface area contributed by atoms with Crippen molar-refractivity contribution in [1.29, 1.82) is 0 Å². The SMILES string of the molecule is CC(C)(C)OC(=O)N1CC(F)(F)C2(CC2)C1. The molecule has 1 heterocycles. The third-order valence-electron chi connectivity index (χ3n) is 3.16. The van der Waals surface area contributed by atoms with Crippen molar-refractivity contribution in [2.75, 3.05) is 13.1 Å². The van der Waals surface area contributed by atoms with Crippen molar-refractivity contribution in [3.05, 3.63) is 0 Å². The zero-order valence-electron chi connectivity index (χ0n) is 9.85. The standard InChI is InChI=1S/C11H17F2NO2/c1-9(2,3)16-8(15)14-6-10(4-5-10)11(12,13)7-14/h4-7H2,1-3H3. The minimum absolute atomic E-state index is 0.134. The monoisotopic (exact) mass is 233 g/mol. The van der Waals surface area contributed by atoms with Gasteiger partial charge in [-0.25, -0.2) is 13.6 Å². The average Bonchev–Trinajstić information content (AvgIpc) is 2.75. The number of likely N-dealkylation sites (tertiary alicyclic amines) is 1. The van der Waals surface area contributed by atoms with Gasteiger partial charge >= 0.3 is 6.09 Å². The van der Waals surface area contributed by atoms with Gasteiger partial charge in [-0.15, -0.1) is 0 Å². The number of hydrogen-bond donors (Lipinski definition) is 0. The van der Waals surface area contributed by atoms with E-state index < -0.39 is 29.6 Å². The average molecular weight is 233 g/mol. The molecule has 2 rings (SSSR count). The van der Waals surface area contributed by atoms with Gasteiger partial charge < -0.3 is 9.64 Å². The highest BCUT2D eigenvalue weighted by atomic mass is 19.3. The summed E-state index contributed by atoms with van der Waals surface area (Å²) in [6.07, 6.45) is 0.398. The highest BCUT2D eigenvalue weighted by Crippen LogP contribution is 2.60. The van der Waals surface area contributed by atoms with Crippen LogP contribution in [0.1, 0.15) is 33.6 Å². The third kappa shape index (κ3) is 1.87. The molecule has 1 aliphatic carbocycles. The van der Waals surface area contributed by atoms with E-state index in [0.29, 0.717) is 12.8 Å². The Morgan fingerprint density at radius 1 is 1.25 bits per heavy atom. The van der Waals surface area contributed by atoms with Crippen LogP contribution >= 0.6 is 0 Å². The second kappa shape index (κ2) is 3.08. The third-order valence-corrected chi connectivity index (χ3v) is 3.16. The number of halogens is 2. The first-order valence-electron chi connectivity index (χ1n) is 5.51. The summed E-state index contributed by atoms with van der Waals surface area (Å²) in [5.41, 5.74) is -1.57. The van der Waals surface area contributed by atoms with Gasteiger partial charge in [-0.05, 0) is 33.6 Å². The predicted octanol–water partition coefficient (Wildman–Crippen LogP) is 2.65. The Bertz CT molecular complexity index is 312. The van der Waals surface area contributed by atoms with Crippen LogP contribution in [0.15, 0.2) is 0 Å². The molecule has 1 spiro atoms. The van der Waals surface area contributed by atoms with Crippen molar-refractivity contribution in [3.8, 4) is 0 Å². The molecule has 0 N–H and O–H groups in total. The van der Waals surface area contributed by atoms with Crippen molar-refractivity contribution < 1.29 is 18.3 Å². The molecule has 1 saturated heterocycles. The van der Waals surface area contributed by atoms with Gasteiger partial charge in [-0.2, -0.15) is 0 Å². The van der Waals surface area contributed by atoms with Crippen molar-refractivity contribution in [3.63, 3.8) is 0 Å². The summed E-state index contributed by atoms with van der Waals surface area (Å²) >= 11 is 0. The molecule has 0 atom stereocenters. The number of ether oxygens (including phenoxy) is 1. The normalized spacial score (nSPS) is 25.9. The van der Waals surface area contributed by atoms with Crippen molar-refractivity contribution in [2.24, 2.45) is 5.41 Å². The van der Waals surface area contributed by atoms with Crippen molar-refractivity contribution in [2.45, 2.75) is 45.1 Å². The molecule has 0 unspecified atom stereocenters. The number of alkyl halides is 2. The van der Waals surface area contributed by atoms with Crippen LogP contribution in [0, 0.1) is 5.41 Å². The molecule has 2 aliphatic rings. The Hall–Kier alpha value is -0.870. The maximum atomic E-state index is 13.6. The van der Waals surface area contributed by atoms with Crippen LogP contribution in [-0.2, 0) is 4.74 Å². The molecular formula is C11H17F2NO2. The molecule has 1 saturated carbocycles. The lowest BCUT2D eigenvalue weighted by molar-refractivity contribution is -0.0400. The van der Waals surface area contributed by atoms with Gasteiger partial charge in [0.15, 0.2) is 0 Å². The summed E-state index contributed by atoms with van der Waals surface area (Å²) in [6, 6.07) is 0. The fourth-order valence-corrected chi connectivity index (χ4v) is 2.07. The lowest BCUT2D eigenvalue weighted by Gasteiger charge is -2.24. The second-order valence-corrected chi connectivity index (χ2v) is 5.82. The zero-order valence-corrected chi connectivity index (χ0v) is 9.85. The molecule has 1 aliphatic heterocycles. The first-order valence-corrected chi connectivity index (χ1v) is 5.51. The summed E-state index contributed by atoms with van der Waals surface area (Å²) in [5, 5.41) is 0. The van der Waals surface area contributed by atoms with Gasteiger partial charge in [0.25, 0.3) is 5.92 Å². The molecule has 16 heavy (non-hydrogen) atoms. The molecule has 92 valence electrons. The Balaban J connectivity index is 2.01. The maximum Gasteiger partial charge on any atom is 0.410 e. The van der Waals surface area contributed by atoms with E-state index in [-0.39, 0.29) is 6.54 Å². The van der Waals surface area contributed by atoms with Crippen LogP contribution in [0.25, 0.3) is 0 Å². The number of amides is 1. The van der Waals surface area contributed by atoms with Gasteiger partial charge in [-0.3, -0.25) is 0 Å². The molecule has 0 aromatic rings. The highest BCUT2D eigenvalue weighted by molar-refractivity contribution is 5.69. The van der Waals surface area contributed by atoms with E-state index in [0.717, 1.165) is 4.90 Å². The summed E-state index contributed by atoms with van der Waals surface area (Å²) in [4.78, 5) is 12.8. The van der Waals surface area contributed by atoms with Gasteiger partial charge in [0.1, 0.15) is 5.60 Å². The van der Waals surface area contributed by atoms with Gasteiger partial charge in [0, 0.05) is 6.54 Å². The molecule has 0 bridgehead atoms. The summed E-state index contributed by atoms with van der Waals surface area (Å²) < 4.78 is 32.2. The summed E-state index contributed by atoms with van der Waals surface area (Å²) in [7, 11) is 0. The molecule has 1 amide bonds. The van der Waals surface area contributed by atoms with E-state index in [1.807, 2.05) is 0 Å². The number of rotatable bonds is 0. The van der Waals surface area contributed by atoms with Crippen molar-refractivity contribution >= 4 is 6.09 Å². The number of nitrogens with zero attached hydrogens (tertiary/aromatic N) is 1. The Labute approximate surface area is 93.7 Å². The van der Waals surface area contributed by atoms with E-state index in [1.165, 1.54) is 0 Å². The molecule has 0 radical (unpaired) electrons. The molecule has 2 fully saturated rings. The second-order valence-electron chi connectivity index (χ2n) is 5.82. The van der Waals surface area contributed by atoms with Crippen LogP contribution in [0.3, 0.4) is 0 Å². The van der Waals surface area contributed by atoms with E-state index in [4.69, 9.17) is 4.74 Å². The van der Waals surface area contributed by atoms with Crippen LogP contribution in [0.2, 0.25) is 0 Å². The molecule has 0 aromatic heterocycles. The Morgan fingerprint density at radius 2 is 1.81 bits per heavy atom. The molecule has 0 aromatic carbocycles. The van der Waals surface area contributed by atoms with Gasteiger partial charge in [0.05, 0.1) is 12.0 Å². The van der Waals surface area contributed by atoms with Crippen LogP contribution in [0.5, 0.6) is 0 Å². The van der Waals surface area contributed by atoms with Gasteiger partial charge in [0.2, 0.25) is 0 Å². The number of hydrogen-bond acceptors (Lipinski definition) is 2. The number of carbonyl (C=O) groups excluding carboxylic acids is 1. The smallest absolute Gasteiger partial charge is 0.410 e. The molecular weight excluding hydrogens is 216 g/mol. The Kier molecular flexibility index (Phi) is 2.23. The van der Waals surface area contributed by atoms with E-state index >= 15 is 0 Å². The maximum absolute atomic E-state index is 13.6. The number of carbonyl (C=O) groups is 1. The largest absolute Gasteiger partial charge is 0.444 e. The van der Waals surface area contributed by atoms with Gasteiger partial charge in [-0.1, -0.05) is 0 Å². The minimum atomic E-state index is -2.75. The van der Waals surface area contributed by atoms with E-state index in [9.17, 15) is 13.6 Å². The van der Waals surface area contributed by atoms with Crippen LogP contribution in [0.4, 0.5) is 13.6 Å². The fraction of sp³-hybridized carbons (Fsp3) is 0.909. The zero-order chi connectivity index (χ0) is 12.2. The molecule has 5 heteroatoms. The summed E-state index contributed by atoms with van der Waals surface area (Å²) in [5.74, 6) is -2.75. The van der Waals surface area contributed by atoms with Crippen molar-refractivity contribution in [1.82, 2.24) is 4.90 Å². The Morgan fingerprint density at radius 3 is 2.19 bits per heavy atom.